The Kier molecular flexibility index (Phi) is 4.71. The zero-order valence-electron chi connectivity index (χ0n) is 13.1. The fraction of sp³-hybridized carbons (Fsp3) is 0.882. The Bertz CT molecular complexity index is 432. The van der Waals surface area contributed by atoms with Crippen LogP contribution in [0.4, 0.5) is 0 Å². The average Bonchev–Trinajstić information content (AvgIpc) is 2.94. The second-order valence-electron chi connectivity index (χ2n) is 7.29. The Morgan fingerprint density at radius 3 is 2.27 bits per heavy atom. The van der Waals surface area contributed by atoms with Gasteiger partial charge in [-0.05, 0) is 43.9 Å². The largest absolute Gasteiger partial charge is 0.480 e. The summed E-state index contributed by atoms with van der Waals surface area (Å²) in [7, 11) is 0. The van der Waals surface area contributed by atoms with Gasteiger partial charge in [0, 0.05) is 6.04 Å². The van der Waals surface area contributed by atoms with Crippen LogP contribution in [-0.4, -0.2) is 45.2 Å². The molecule has 0 aromatic carbocycles. The molecule has 1 aliphatic heterocycles. The third-order valence-corrected chi connectivity index (χ3v) is 5.98. The quantitative estimate of drug-likeness (QED) is 0.837. The summed E-state index contributed by atoms with van der Waals surface area (Å²) in [5.74, 6) is -0.928. The number of likely N-dealkylation sites (tertiary alicyclic amines) is 1. The summed E-state index contributed by atoms with van der Waals surface area (Å²) in [6, 6.07) is -0.709. The molecule has 0 radical (unpaired) electrons. The number of hydrogen-bond donors (Lipinski definition) is 2. The summed E-state index contributed by atoms with van der Waals surface area (Å²) in [5, 5.41) is 20.0. The van der Waals surface area contributed by atoms with Crippen LogP contribution in [0.2, 0.25) is 0 Å². The highest BCUT2D eigenvalue weighted by atomic mass is 16.4. The fourth-order valence-electron chi connectivity index (χ4n) is 4.80. The standard InChI is InChI=1S/C17H27NO4/c19-15(11-6-2-1-3-7-11)16(20)18-13-9-5-4-8-12(13)10-14(18)17(21)22/h11-15,19H,1-10H2,(H,21,22). The maximum atomic E-state index is 12.8. The van der Waals surface area contributed by atoms with Gasteiger partial charge >= 0.3 is 5.97 Å². The Hall–Kier alpha value is -1.10. The smallest absolute Gasteiger partial charge is 0.326 e. The Balaban J connectivity index is 1.76. The molecule has 0 spiro atoms. The van der Waals surface area contributed by atoms with Crippen molar-refractivity contribution in [2.75, 3.05) is 0 Å². The van der Waals surface area contributed by atoms with Gasteiger partial charge in [-0.1, -0.05) is 32.1 Å². The van der Waals surface area contributed by atoms with Crippen LogP contribution in [0.25, 0.3) is 0 Å². The van der Waals surface area contributed by atoms with Crippen LogP contribution in [0.5, 0.6) is 0 Å². The van der Waals surface area contributed by atoms with Crippen molar-refractivity contribution in [3.63, 3.8) is 0 Å². The van der Waals surface area contributed by atoms with Crippen LogP contribution in [0.1, 0.15) is 64.2 Å². The van der Waals surface area contributed by atoms with E-state index in [2.05, 4.69) is 0 Å². The molecule has 0 aromatic heterocycles. The molecule has 2 saturated carbocycles. The van der Waals surface area contributed by atoms with Gasteiger partial charge in [0.15, 0.2) is 0 Å². The monoisotopic (exact) mass is 309 g/mol. The minimum Gasteiger partial charge on any atom is -0.480 e. The molecule has 3 aliphatic rings. The lowest BCUT2D eigenvalue weighted by Crippen LogP contribution is -2.52. The number of carbonyl (C=O) groups is 2. The normalized spacial score (nSPS) is 34.2. The van der Waals surface area contributed by atoms with Gasteiger partial charge in [0.25, 0.3) is 5.91 Å². The van der Waals surface area contributed by atoms with Crippen LogP contribution in [0.3, 0.4) is 0 Å². The third-order valence-electron chi connectivity index (χ3n) is 5.98. The first-order valence-corrected chi connectivity index (χ1v) is 8.82. The van der Waals surface area contributed by atoms with Crippen molar-refractivity contribution < 1.29 is 19.8 Å². The van der Waals surface area contributed by atoms with E-state index in [9.17, 15) is 19.8 Å². The molecule has 1 amide bonds. The van der Waals surface area contributed by atoms with Gasteiger partial charge in [-0.2, -0.15) is 0 Å². The van der Waals surface area contributed by atoms with Gasteiger partial charge in [0.05, 0.1) is 0 Å². The SMILES string of the molecule is O=C(O)C1CC2CCCCC2N1C(=O)C(O)C1CCCCC1. The second kappa shape index (κ2) is 6.57. The number of nitrogens with zero attached hydrogens (tertiary/aromatic N) is 1. The molecule has 4 atom stereocenters. The maximum Gasteiger partial charge on any atom is 0.326 e. The summed E-state index contributed by atoms with van der Waals surface area (Å²) >= 11 is 0. The van der Waals surface area contributed by atoms with E-state index in [1.54, 1.807) is 4.90 Å². The molecule has 124 valence electrons. The number of carbonyl (C=O) groups excluding carboxylic acids is 1. The van der Waals surface area contributed by atoms with E-state index >= 15 is 0 Å². The van der Waals surface area contributed by atoms with Crippen molar-refractivity contribution in [1.29, 1.82) is 0 Å². The van der Waals surface area contributed by atoms with Crippen LogP contribution in [-0.2, 0) is 9.59 Å². The molecule has 3 fully saturated rings. The molecule has 2 N–H and O–H groups in total. The Morgan fingerprint density at radius 1 is 0.955 bits per heavy atom. The predicted molar refractivity (Wildman–Crippen MR) is 81.2 cm³/mol. The van der Waals surface area contributed by atoms with Crippen molar-refractivity contribution in [3.05, 3.63) is 0 Å². The van der Waals surface area contributed by atoms with Gasteiger partial charge in [0.2, 0.25) is 0 Å². The molecule has 1 heterocycles. The fourth-order valence-corrected chi connectivity index (χ4v) is 4.80. The summed E-state index contributed by atoms with van der Waals surface area (Å²) in [5.41, 5.74) is 0. The number of aliphatic carboxylic acids is 1. The summed E-state index contributed by atoms with van der Waals surface area (Å²) in [4.78, 5) is 26.0. The molecule has 3 rings (SSSR count). The van der Waals surface area contributed by atoms with Crippen LogP contribution in [0.15, 0.2) is 0 Å². The predicted octanol–water partition coefficient (Wildman–Crippen LogP) is 2.17. The highest BCUT2D eigenvalue weighted by Crippen LogP contribution is 2.41. The van der Waals surface area contributed by atoms with Crippen LogP contribution < -0.4 is 0 Å². The Labute approximate surface area is 131 Å². The van der Waals surface area contributed by atoms with Gasteiger partial charge in [0.1, 0.15) is 12.1 Å². The van der Waals surface area contributed by atoms with Gasteiger partial charge in [-0.25, -0.2) is 4.79 Å². The number of aliphatic hydroxyl groups is 1. The molecular formula is C17H27NO4. The summed E-state index contributed by atoms with van der Waals surface area (Å²) < 4.78 is 0. The van der Waals surface area contributed by atoms with Gasteiger partial charge in [-0.3, -0.25) is 4.79 Å². The van der Waals surface area contributed by atoms with E-state index in [0.29, 0.717) is 12.3 Å². The van der Waals surface area contributed by atoms with E-state index in [1.807, 2.05) is 0 Å². The number of hydrogen-bond acceptors (Lipinski definition) is 3. The first-order valence-electron chi connectivity index (χ1n) is 8.82. The van der Waals surface area contributed by atoms with Gasteiger partial charge < -0.3 is 15.1 Å². The molecule has 2 aliphatic carbocycles. The number of amides is 1. The minimum atomic E-state index is -1.01. The highest BCUT2D eigenvalue weighted by molar-refractivity contribution is 5.87. The van der Waals surface area contributed by atoms with Crippen LogP contribution >= 0.6 is 0 Å². The molecule has 5 nitrogen and oxygen atoms in total. The zero-order valence-corrected chi connectivity index (χ0v) is 13.1. The summed E-state index contributed by atoms with van der Waals surface area (Å²) in [6.45, 7) is 0. The average molecular weight is 309 g/mol. The van der Waals surface area contributed by atoms with E-state index in [1.165, 1.54) is 6.42 Å². The van der Waals surface area contributed by atoms with Gasteiger partial charge in [-0.15, -0.1) is 0 Å². The van der Waals surface area contributed by atoms with E-state index in [-0.39, 0.29) is 17.9 Å². The first-order chi connectivity index (χ1) is 10.6. The van der Waals surface area contributed by atoms with Crippen molar-refractivity contribution in [2.24, 2.45) is 11.8 Å². The topological polar surface area (TPSA) is 77.8 Å². The highest BCUT2D eigenvalue weighted by Gasteiger charge is 2.49. The number of fused-ring (bicyclic) bond motifs is 1. The molecule has 0 aromatic rings. The second-order valence-corrected chi connectivity index (χ2v) is 7.29. The molecule has 22 heavy (non-hydrogen) atoms. The van der Waals surface area contributed by atoms with E-state index in [4.69, 9.17) is 0 Å². The van der Waals surface area contributed by atoms with Crippen molar-refractivity contribution in [3.8, 4) is 0 Å². The number of rotatable bonds is 3. The van der Waals surface area contributed by atoms with Crippen molar-refractivity contribution >= 4 is 11.9 Å². The third kappa shape index (κ3) is 2.87. The lowest BCUT2D eigenvalue weighted by molar-refractivity contribution is -0.156. The Morgan fingerprint density at radius 2 is 1.59 bits per heavy atom. The van der Waals surface area contributed by atoms with Crippen LogP contribution in [0, 0.1) is 11.8 Å². The van der Waals surface area contributed by atoms with Crippen molar-refractivity contribution in [2.45, 2.75) is 82.4 Å². The van der Waals surface area contributed by atoms with E-state index < -0.39 is 18.1 Å². The molecular weight excluding hydrogens is 282 g/mol. The molecule has 4 unspecified atom stereocenters. The lowest BCUT2D eigenvalue weighted by atomic mass is 9.83. The first kappa shape index (κ1) is 15.8. The zero-order chi connectivity index (χ0) is 15.7. The lowest BCUT2D eigenvalue weighted by Gasteiger charge is -2.36. The van der Waals surface area contributed by atoms with Crippen molar-refractivity contribution in [1.82, 2.24) is 4.90 Å². The molecule has 1 saturated heterocycles. The molecule has 5 heteroatoms. The number of aliphatic hydroxyl groups excluding tert-OH is 1. The number of carboxylic acid groups (broad SMARTS) is 1. The summed E-state index contributed by atoms with van der Waals surface area (Å²) in [6.07, 6.45) is 8.67. The maximum absolute atomic E-state index is 12.8. The minimum absolute atomic E-state index is 0.0123. The number of carboxylic acids is 1. The van der Waals surface area contributed by atoms with E-state index in [0.717, 1.165) is 51.4 Å². The molecule has 0 bridgehead atoms.